The van der Waals surface area contributed by atoms with E-state index in [0.717, 1.165) is 21.5 Å². The van der Waals surface area contributed by atoms with E-state index in [-0.39, 0.29) is 5.92 Å². The smallest absolute Gasteiger partial charge is 0.122 e. The van der Waals surface area contributed by atoms with Crippen LogP contribution >= 0.6 is 27.3 Å². The molecule has 94 valence electrons. The number of rotatable bonds is 2. The van der Waals surface area contributed by atoms with Crippen LogP contribution in [-0.4, -0.2) is 11.7 Å². The van der Waals surface area contributed by atoms with Crippen molar-refractivity contribution in [3.8, 4) is 5.75 Å². The van der Waals surface area contributed by atoms with Crippen LogP contribution in [-0.2, 0) is 6.42 Å². The van der Waals surface area contributed by atoms with E-state index in [1.165, 1.54) is 5.56 Å². The molecule has 0 saturated heterocycles. The average Bonchev–Trinajstić information content (AvgIpc) is 2.83. The number of hydrogen-bond acceptors (Lipinski definition) is 3. The summed E-state index contributed by atoms with van der Waals surface area (Å²) in [6, 6.07) is 10.0. The second-order valence-corrected chi connectivity index (χ2v) is 6.26. The Labute approximate surface area is 118 Å². The highest BCUT2D eigenvalue weighted by molar-refractivity contribution is 9.10. The monoisotopic (exact) mass is 324 g/mol. The van der Waals surface area contributed by atoms with Crippen LogP contribution in [0.4, 0.5) is 0 Å². The lowest BCUT2D eigenvalue weighted by molar-refractivity contribution is 0.0666. The van der Waals surface area contributed by atoms with Crippen LogP contribution in [0.15, 0.2) is 40.2 Å². The molecule has 1 aromatic heterocycles. The Morgan fingerprint density at radius 2 is 2.17 bits per heavy atom. The van der Waals surface area contributed by atoms with Gasteiger partial charge in [-0.05, 0) is 45.4 Å². The van der Waals surface area contributed by atoms with E-state index in [2.05, 4.69) is 22.0 Å². The number of fused-ring (bicyclic) bond motifs is 1. The molecule has 0 amide bonds. The minimum absolute atomic E-state index is 0.120. The number of ether oxygens (including phenoxy) is 1. The van der Waals surface area contributed by atoms with Crippen LogP contribution in [0.2, 0.25) is 0 Å². The molecule has 1 aromatic carbocycles. The van der Waals surface area contributed by atoms with Gasteiger partial charge in [-0.25, -0.2) is 0 Å². The number of hydrogen-bond donors (Lipinski definition) is 1. The summed E-state index contributed by atoms with van der Waals surface area (Å²) in [5, 5.41) is 12.4. The molecule has 1 aliphatic rings. The summed E-state index contributed by atoms with van der Waals surface area (Å²) in [6.45, 7) is 0.572. The van der Waals surface area contributed by atoms with E-state index in [9.17, 15) is 5.11 Å². The van der Waals surface area contributed by atoms with Gasteiger partial charge in [0.1, 0.15) is 5.75 Å². The minimum Gasteiger partial charge on any atom is -0.493 e. The van der Waals surface area contributed by atoms with Crippen molar-refractivity contribution >= 4 is 27.3 Å². The molecule has 0 saturated carbocycles. The van der Waals surface area contributed by atoms with Gasteiger partial charge in [-0.1, -0.05) is 18.2 Å². The van der Waals surface area contributed by atoms with Gasteiger partial charge in [0.2, 0.25) is 0 Å². The van der Waals surface area contributed by atoms with E-state index in [4.69, 9.17) is 4.74 Å². The maximum atomic E-state index is 10.4. The molecule has 0 bridgehead atoms. The lowest BCUT2D eigenvalue weighted by Gasteiger charge is -2.28. The molecule has 1 aliphatic heterocycles. The van der Waals surface area contributed by atoms with E-state index in [1.54, 1.807) is 11.3 Å². The number of halogens is 1. The van der Waals surface area contributed by atoms with Gasteiger partial charge in [0, 0.05) is 15.3 Å². The van der Waals surface area contributed by atoms with E-state index in [1.807, 2.05) is 29.6 Å². The van der Waals surface area contributed by atoms with Crippen LogP contribution in [0, 0.1) is 5.92 Å². The van der Waals surface area contributed by atoms with Crippen LogP contribution in [0.25, 0.3) is 0 Å². The fourth-order valence-electron chi connectivity index (χ4n) is 2.28. The molecule has 2 aromatic rings. The molecule has 2 heterocycles. The highest BCUT2D eigenvalue weighted by Gasteiger charge is 2.28. The first-order chi connectivity index (χ1) is 8.75. The Morgan fingerprint density at radius 1 is 1.33 bits per heavy atom. The molecule has 4 heteroatoms. The molecule has 1 N–H and O–H groups in total. The summed E-state index contributed by atoms with van der Waals surface area (Å²) in [7, 11) is 0. The zero-order chi connectivity index (χ0) is 12.5. The molecule has 0 spiro atoms. The zero-order valence-corrected chi connectivity index (χ0v) is 12.1. The van der Waals surface area contributed by atoms with Crippen molar-refractivity contribution in [2.75, 3.05) is 6.61 Å². The van der Waals surface area contributed by atoms with E-state index < -0.39 is 6.10 Å². The van der Waals surface area contributed by atoms with Gasteiger partial charge in [0.25, 0.3) is 0 Å². The first-order valence-corrected chi connectivity index (χ1v) is 7.54. The molecule has 2 nitrogen and oxygen atoms in total. The second kappa shape index (κ2) is 5.03. The highest BCUT2D eigenvalue weighted by atomic mass is 79.9. The Morgan fingerprint density at radius 3 is 2.94 bits per heavy atom. The number of thiophene rings is 1. The maximum absolute atomic E-state index is 10.4. The molecule has 0 fully saturated rings. The van der Waals surface area contributed by atoms with Gasteiger partial charge >= 0.3 is 0 Å². The number of benzene rings is 1. The van der Waals surface area contributed by atoms with Gasteiger partial charge in [0.15, 0.2) is 0 Å². The number of para-hydroxylation sites is 1. The van der Waals surface area contributed by atoms with Crippen molar-refractivity contribution in [2.45, 2.75) is 12.5 Å². The SMILES string of the molecule is OC(c1sccc1Br)C1COc2ccccc2C1. The Kier molecular flexibility index (Phi) is 3.41. The average molecular weight is 325 g/mol. The van der Waals surface area contributed by atoms with Crippen molar-refractivity contribution in [3.05, 3.63) is 50.6 Å². The molecule has 2 unspecified atom stereocenters. The zero-order valence-electron chi connectivity index (χ0n) is 9.67. The molecule has 0 aliphatic carbocycles. The van der Waals surface area contributed by atoms with Crippen molar-refractivity contribution in [2.24, 2.45) is 5.92 Å². The normalized spacial score (nSPS) is 20.0. The van der Waals surface area contributed by atoms with Crippen LogP contribution in [0.1, 0.15) is 16.5 Å². The van der Waals surface area contributed by atoms with Crippen molar-refractivity contribution in [1.29, 1.82) is 0 Å². The largest absolute Gasteiger partial charge is 0.493 e. The van der Waals surface area contributed by atoms with Crippen molar-refractivity contribution in [1.82, 2.24) is 0 Å². The Bertz CT molecular complexity index is 552. The van der Waals surface area contributed by atoms with Gasteiger partial charge < -0.3 is 9.84 Å². The second-order valence-electron chi connectivity index (χ2n) is 4.46. The maximum Gasteiger partial charge on any atom is 0.122 e. The third-order valence-electron chi connectivity index (χ3n) is 3.27. The molecule has 3 rings (SSSR count). The van der Waals surface area contributed by atoms with Crippen LogP contribution in [0.3, 0.4) is 0 Å². The van der Waals surface area contributed by atoms with Gasteiger partial charge in [0.05, 0.1) is 12.7 Å². The predicted octanol–water partition coefficient (Wildman–Crippen LogP) is 3.80. The minimum atomic E-state index is -0.465. The first-order valence-electron chi connectivity index (χ1n) is 5.87. The van der Waals surface area contributed by atoms with E-state index in [0.29, 0.717) is 6.61 Å². The van der Waals surface area contributed by atoms with Gasteiger partial charge in [-0.3, -0.25) is 0 Å². The molecular weight excluding hydrogens is 312 g/mol. The topological polar surface area (TPSA) is 29.5 Å². The van der Waals surface area contributed by atoms with E-state index >= 15 is 0 Å². The Balaban J connectivity index is 1.82. The molecule has 0 radical (unpaired) electrons. The lowest BCUT2D eigenvalue weighted by Crippen LogP contribution is -2.26. The van der Waals surface area contributed by atoms with Crippen molar-refractivity contribution < 1.29 is 9.84 Å². The summed E-state index contributed by atoms with van der Waals surface area (Å²) in [4.78, 5) is 0.989. The standard InChI is InChI=1S/C14H13BrO2S/c15-11-5-6-18-14(11)13(16)10-7-9-3-1-2-4-12(9)17-8-10/h1-6,10,13,16H,7-8H2. The third kappa shape index (κ3) is 2.20. The van der Waals surface area contributed by atoms with Gasteiger partial charge in [-0.15, -0.1) is 11.3 Å². The fraction of sp³-hybridized carbons (Fsp3) is 0.286. The molecular formula is C14H13BrO2S. The Hall–Kier alpha value is -0.840. The number of aliphatic hydroxyl groups excluding tert-OH is 1. The van der Waals surface area contributed by atoms with Crippen molar-refractivity contribution in [3.63, 3.8) is 0 Å². The molecule has 2 atom stereocenters. The third-order valence-corrected chi connectivity index (χ3v) is 5.21. The lowest BCUT2D eigenvalue weighted by atomic mass is 9.91. The predicted molar refractivity (Wildman–Crippen MR) is 76.1 cm³/mol. The summed E-state index contributed by atoms with van der Waals surface area (Å²) in [5.41, 5.74) is 1.18. The van der Waals surface area contributed by atoms with Gasteiger partial charge in [-0.2, -0.15) is 0 Å². The van der Waals surface area contributed by atoms with Crippen LogP contribution < -0.4 is 4.74 Å². The fourth-order valence-corrected chi connectivity index (χ4v) is 3.97. The summed E-state index contributed by atoms with van der Waals surface area (Å²) in [5.74, 6) is 1.07. The summed E-state index contributed by atoms with van der Waals surface area (Å²) in [6.07, 6.45) is 0.398. The first kappa shape index (κ1) is 12.2. The highest BCUT2D eigenvalue weighted by Crippen LogP contribution is 2.38. The molecule has 18 heavy (non-hydrogen) atoms. The summed E-state index contributed by atoms with van der Waals surface area (Å²) < 4.78 is 6.71. The van der Waals surface area contributed by atoms with Crippen LogP contribution in [0.5, 0.6) is 5.75 Å². The quantitative estimate of drug-likeness (QED) is 0.910. The summed E-state index contributed by atoms with van der Waals surface area (Å²) >= 11 is 5.05. The number of aliphatic hydroxyl groups is 1.